The molecule has 0 radical (unpaired) electrons. The van der Waals surface area contributed by atoms with Crippen molar-refractivity contribution in [3.05, 3.63) is 314 Å². The molecule has 0 aliphatic rings. The number of rotatable bonds is 7. The average molecular weight is 1260 g/mol. The smallest absolute Gasteiger partial charge is 0.309 e. The minimum atomic E-state index is -4.79. The zero-order chi connectivity index (χ0) is 65.2. The predicted molar refractivity (Wildman–Crippen MR) is 392 cm³/mol. The molecule has 0 unspecified atom stereocenters. The number of hydrogen-bond acceptors (Lipinski definition) is 2. The molecule has 0 bridgehead atoms. The Morgan fingerprint density at radius 3 is 0.724 bits per heavy atom. The molecular weight excluding hydrogens is 1210 g/mol. The van der Waals surface area contributed by atoms with Gasteiger partial charge in [0.15, 0.2) is 0 Å². The molecule has 0 atom stereocenters. The van der Waals surface area contributed by atoms with Crippen LogP contribution < -0.4 is 0 Å². The first kappa shape index (κ1) is 55.1. The minimum Gasteiger partial charge on any atom is -0.309 e. The Morgan fingerprint density at radius 2 is 0.480 bits per heavy atom. The van der Waals surface area contributed by atoms with Crippen LogP contribution in [0.25, 0.3) is 176 Å². The van der Waals surface area contributed by atoms with E-state index in [4.69, 9.17) is 0 Å². The van der Waals surface area contributed by atoms with Gasteiger partial charge in [0.2, 0.25) is 0 Å². The average Bonchev–Trinajstić information content (AvgIpc) is 1.46. The number of nitriles is 2. The van der Waals surface area contributed by atoms with Crippen LogP contribution in [0.3, 0.4) is 0 Å². The number of benzene rings is 14. The van der Waals surface area contributed by atoms with E-state index in [1.54, 1.807) is 0 Å². The van der Waals surface area contributed by atoms with Crippen molar-refractivity contribution in [2.75, 3.05) is 0 Å². The first-order valence-corrected chi connectivity index (χ1v) is 32.5. The highest BCUT2D eigenvalue weighted by atomic mass is 19.4. The third-order valence-electron chi connectivity index (χ3n) is 20.2. The summed E-state index contributed by atoms with van der Waals surface area (Å²) in [6.45, 7) is 0. The Morgan fingerprint density at radius 1 is 0.235 bits per heavy atom. The van der Waals surface area contributed by atoms with Gasteiger partial charge in [0, 0.05) is 87.4 Å². The van der Waals surface area contributed by atoms with Crippen LogP contribution in [-0.2, 0) is 6.18 Å². The molecular formula is C87H49F3N8. The standard InChI is InChI=1S/C87H49F3N8/c88-87(89,90)55-42-52(50-91)41-53(43-55)54-44-85(97-81-37-33-56(93-73-25-9-1-17-60(73)61-18-2-10-26-74(61)93)46-68(81)69-47-57(34-38-82(69)97)94-75-27-11-3-19-62(75)63-20-4-12-28-76(63)94)72(51-92)86(45-54)98-83-39-35-58(95-77-29-13-5-21-64(77)65-22-6-14-30-78(65)95)48-70(83)71-49-59(36-40-84(71)98)96-79-31-15-7-23-66(79)67-24-8-16-32-80(67)96/h1-49H. The lowest BCUT2D eigenvalue weighted by atomic mass is 9.96. The summed E-state index contributed by atoms with van der Waals surface area (Å²) in [5.74, 6) is 0. The summed E-state index contributed by atoms with van der Waals surface area (Å²) in [5, 5.41) is 35.4. The quantitative estimate of drug-likeness (QED) is 0.159. The Hall–Kier alpha value is -13.4. The lowest BCUT2D eigenvalue weighted by Crippen LogP contribution is -2.07. The molecule has 0 aliphatic heterocycles. The Bertz CT molecular complexity index is 6040. The predicted octanol–water partition coefficient (Wildman–Crippen LogP) is 22.7. The molecule has 0 fully saturated rings. The number of aromatic nitrogens is 6. The molecule has 0 saturated carbocycles. The van der Waals surface area contributed by atoms with Crippen molar-refractivity contribution in [3.8, 4) is 57.4 Å². The monoisotopic (exact) mass is 1260 g/mol. The molecule has 20 aromatic rings. The second-order valence-corrected chi connectivity index (χ2v) is 25.4. The highest BCUT2D eigenvalue weighted by Gasteiger charge is 2.33. The van der Waals surface area contributed by atoms with Gasteiger partial charge in [-0.3, -0.25) is 0 Å². The van der Waals surface area contributed by atoms with Gasteiger partial charge in [-0.25, -0.2) is 0 Å². The molecule has 458 valence electrons. The lowest BCUT2D eigenvalue weighted by Gasteiger charge is -2.19. The molecule has 8 nitrogen and oxygen atoms in total. The van der Waals surface area contributed by atoms with E-state index in [9.17, 15) is 10.5 Å². The topological polar surface area (TPSA) is 77.2 Å². The van der Waals surface area contributed by atoms with Gasteiger partial charge >= 0.3 is 6.18 Å². The molecule has 0 saturated heterocycles. The Kier molecular flexibility index (Phi) is 11.6. The molecule has 6 heterocycles. The van der Waals surface area contributed by atoms with Crippen LogP contribution in [-0.4, -0.2) is 27.4 Å². The second-order valence-electron chi connectivity index (χ2n) is 25.4. The van der Waals surface area contributed by atoms with Gasteiger partial charge < -0.3 is 27.4 Å². The fourth-order valence-corrected chi connectivity index (χ4v) is 16.1. The zero-order valence-electron chi connectivity index (χ0n) is 52.0. The summed E-state index contributed by atoms with van der Waals surface area (Å²) in [4.78, 5) is 0. The third-order valence-corrected chi connectivity index (χ3v) is 20.2. The SMILES string of the molecule is N#Cc1cc(-c2cc(-n3c4ccc(-n5c6ccccc6c6ccccc65)cc4c4cc(-n5c6ccccc6c6ccccc65)ccc43)c(C#N)c(-n3c4ccc(-n5c6ccccc6c6ccccc65)cc4c4cc(-n5c6ccccc6c6ccccc65)ccc43)c2)cc(C(F)(F)F)c1. The van der Waals surface area contributed by atoms with E-state index in [1.165, 1.54) is 6.07 Å². The first-order valence-electron chi connectivity index (χ1n) is 32.5. The van der Waals surface area contributed by atoms with E-state index in [0.717, 1.165) is 166 Å². The van der Waals surface area contributed by atoms with E-state index in [1.807, 2.05) is 18.2 Å². The molecule has 11 heteroatoms. The van der Waals surface area contributed by atoms with E-state index in [0.29, 0.717) is 16.9 Å². The van der Waals surface area contributed by atoms with Crippen molar-refractivity contribution in [3.63, 3.8) is 0 Å². The number of para-hydroxylation sites is 8. The number of halogens is 3. The summed E-state index contributed by atoms with van der Waals surface area (Å²) < 4.78 is 59.2. The maximum atomic E-state index is 15.3. The summed E-state index contributed by atoms with van der Waals surface area (Å²) in [7, 11) is 0. The third kappa shape index (κ3) is 7.87. The van der Waals surface area contributed by atoms with Gasteiger partial charge in [-0.15, -0.1) is 0 Å². The zero-order valence-corrected chi connectivity index (χ0v) is 52.0. The van der Waals surface area contributed by atoms with E-state index < -0.39 is 11.7 Å². The summed E-state index contributed by atoms with van der Waals surface area (Å²) in [6, 6.07) is 105. The number of hydrogen-bond donors (Lipinski definition) is 0. The number of alkyl halides is 3. The minimum absolute atomic E-state index is 0.152. The fourth-order valence-electron chi connectivity index (χ4n) is 16.1. The van der Waals surface area contributed by atoms with Gasteiger partial charge in [-0.2, -0.15) is 23.7 Å². The van der Waals surface area contributed by atoms with Gasteiger partial charge in [0.25, 0.3) is 0 Å². The molecule has 14 aromatic carbocycles. The van der Waals surface area contributed by atoms with E-state index in [-0.39, 0.29) is 16.7 Å². The molecule has 0 N–H and O–H groups in total. The maximum absolute atomic E-state index is 15.3. The Labute approximate surface area is 556 Å². The Balaban J connectivity index is 0.909. The highest BCUT2D eigenvalue weighted by Crippen LogP contribution is 2.46. The van der Waals surface area contributed by atoms with Crippen LogP contribution in [0.5, 0.6) is 0 Å². The van der Waals surface area contributed by atoms with Crippen molar-refractivity contribution >= 4 is 131 Å². The molecule has 20 rings (SSSR count). The van der Waals surface area contributed by atoms with Gasteiger partial charge in [0.1, 0.15) is 11.6 Å². The van der Waals surface area contributed by atoms with Gasteiger partial charge in [-0.1, -0.05) is 146 Å². The second kappa shape index (κ2) is 20.6. The molecule has 6 aromatic heterocycles. The normalized spacial score (nSPS) is 12.2. The van der Waals surface area contributed by atoms with Crippen molar-refractivity contribution in [1.29, 1.82) is 10.5 Å². The number of fused-ring (bicyclic) bond motifs is 18. The van der Waals surface area contributed by atoms with Crippen LogP contribution in [0.15, 0.2) is 297 Å². The molecule has 0 spiro atoms. The largest absolute Gasteiger partial charge is 0.416 e. The van der Waals surface area contributed by atoms with E-state index in [2.05, 4.69) is 300 Å². The summed E-state index contributed by atoms with van der Waals surface area (Å²) in [5.41, 5.74) is 15.6. The van der Waals surface area contributed by atoms with Crippen LogP contribution >= 0.6 is 0 Å². The molecule has 98 heavy (non-hydrogen) atoms. The molecule has 0 amide bonds. The number of nitrogens with zero attached hydrogens (tertiary/aromatic N) is 8. The molecule has 0 aliphatic carbocycles. The van der Waals surface area contributed by atoms with Crippen LogP contribution in [0, 0.1) is 22.7 Å². The van der Waals surface area contributed by atoms with Crippen molar-refractivity contribution in [2.45, 2.75) is 6.18 Å². The van der Waals surface area contributed by atoms with Gasteiger partial charge in [0.05, 0.1) is 94.8 Å². The lowest BCUT2D eigenvalue weighted by molar-refractivity contribution is -0.137. The van der Waals surface area contributed by atoms with Crippen LogP contribution in [0.2, 0.25) is 0 Å². The first-order chi connectivity index (χ1) is 48.2. The highest BCUT2D eigenvalue weighted by molar-refractivity contribution is 6.17. The summed E-state index contributed by atoms with van der Waals surface area (Å²) in [6.07, 6.45) is -4.79. The maximum Gasteiger partial charge on any atom is 0.416 e. The van der Waals surface area contributed by atoms with Crippen molar-refractivity contribution < 1.29 is 13.2 Å². The fraction of sp³-hybridized carbons (Fsp3) is 0.0115. The van der Waals surface area contributed by atoms with Crippen LogP contribution in [0.4, 0.5) is 13.2 Å². The van der Waals surface area contributed by atoms with Crippen molar-refractivity contribution in [2.24, 2.45) is 0 Å². The van der Waals surface area contributed by atoms with E-state index >= 15 is 13.2 Å². The van der Waals surface area contributed by atoms with Gasteiger partial charge in [-0.05, 0) is 163 Å². The summed E-state index contributed by atoms with van der Waals surface area (Å²) >= 11 is 0. The van der Waals surface area contributed by atoms with Crippen LogP contribution in [0.1, 0.15) is 16.7 Å². The van der Waals surface area contributed by atoms with Crippen molar-refractivity contribution in [1.82, 2.24) is 27.4 Å².